The number of benzene rings is 4. The Morgan fingerprint density at radius 3 is 1.77 bits per heavy atom. The molecule has 5 atom stereocenters. The molecule has 2 amide bonds. The van der Waals surface area contributed by atoms with Gasteiger partial charge in [0.15, 0.2) is 0 Å². The predicted molar refractivity (Wildman–Crippen MR) is 170 cm³/mol. The molecule has 2 fully saturated rings. The first-order valence-electron chi connectivity index (χ1n) is 13.7. The van der Waals surface area contributed by atoms with Crippen LogP contribution < -0.4 is 4.90 Å². The van der Waals surface area contributed by atoms with E-state index in [1.807, 2.05) is 48.5 Å². The van der Waals surface area contributed by atoms with Gasteiger partial charge in [-0.3, -0.25) is 9.59 Å². The molecule has 4 aromatic carbocycles. The van der Waals surface area contributed by atoms with E-state index in [1.54, 1.807) is 0 Å². The molecule has 3 aliphatic rings. The third-order valence-corrected chi connectivity index (χ3v) is 23.8. The second kappa shape index (κ2) is 9.45. The monoisotopic (exact) mass is 577 g/mol. The molecule has 0 spiro atoms. The summed E-state index contributed by atoms with van der Waals surface area (Å²) in [5.74, 6) is -0.712. The van der Waals surface area contributed by atoms with E-state index in [1.165, 1.54) is 15.8 Å². The Hall–Kier alpha value is -3.16. The Labute approximate surface area is 241 Å². The maximum absolute atomic E-state index is 14.8. The fourth-order valence-electron chi connectivity index (χ4n) is 7.29. The van der Waals surface area contributed by atoms with Gasteiger partial charge in [-0.2, -0.15) is 0 Å². The molecule has 0 saturated carbocycles. The highest BCUT2D eigenvalue weighted by Crippen LogP contribution is 3.05. The molecule has 2 unspecified atom stereocenters. The van der Waals surface area contributed by atoms with Crippen LogP contribution in [0.15, 0.2) is 121 Å². The van der Waals surface area contributed by atoms with Gasteiger partial charge < -0.3 is 0 Å². The quantitative estimate of drug-likeness (QED) is 0.177. The molecule has 0 N–H and O–H groups in total. The molecule has 0 radical (unpaired) electrons. The number of hydrogen-bond donors (Lipinski definition) is 0. The molecular formula is C34H29NO2P2S. The Morgan fingerprint density at radius 2 is 1.23 bits per heavy atom. The first-order valence-corrected chi connectivity index (χ1v) is 18.7. The summed E-state index contributed by atoms with van der Waals surface area (Å²) in [6, 6.07) is 40.8. The Bertz CT molecular complexity index is 1710. The number of anilines is 1. The zero-order valence-corrected chi connectivity index (χ0v) is 25.0. The highest BCUT2D eigenvalue weighted by Gasteiger charge is 2.79. The van der Waals surface area contributed by atoms with Gasteiger partial charge in [0.1, 0.15) is 0 Å². The number of carbonyl (C=O) groups is 2. The third kappa shape index (κ3) is 3.19. The smallest absolute Gasteiger partial charge is 0.242 e. The van der Waals surface area contributed by atoms with Crippen molar-refractivity contribution in [1.82, 2.24) is 0 Å². The van der Waals surface area contributed by atoms with Crippen LogP contribution in [0.4, 0.5) is 5.69 Å². The van der Waals surface area contributed by atoms with Crippen LogP contribution in [0.5, 0.6) is 0 Å². The zero-order valence-electron chi connectivity index (χ0n) is 22.3. The van der Waals surface area contributed by atoms with Crippen molar-refractivity contribution < 1.29 is 9.59 Å². The third-order valence-electron chi connectivity index (χ3n) is 8.70. The highest BCUT2D eigenvalue weighted by atomic mass is 32.6. The number of nitrogens with zero attached hydrogens (tertiary/aromatic N) is 1. The number of fused-ring (bicyclic) bond motifs is 5. The predicted octanol–water partition coefficient (Wildman–Crippen LogP) is 8.32. The Morgan fingerprint density at radius 1 is 0.725 bits per heavy atom. The maximum Gasteiger partial charge on any atom is 0.242 e. The Balaban J connectivity index is 1.63. The lowest BCUT2D eigenvalue weighted by Gasteiger charge is -2.43. The van der Waals surface area contributed by atoms with Crippen molar-refractivity contribution in [2.45, 2.75) is 30.3 Å². The number of imide groups is 1. The van der Waals surface area contributed by atoms with Crippen LogP contribution >= 0.6 is 13.3 Å². The summed E-state index contributed by atoms with van der Waals surface area (Å²) < 4.78 is 0. The summed E-state index contributed by atoms with van der Waals surface area (Å²) in [7, 11) is -1.16. The van der Waals surface area contributed by atoms with Crippen molar-refractivity contribution in [1.29, 1.82) is 0 Å². The minimum atomic E-state index is -2.42. The number of para-hydroxylation sites is 1. The first kappa shape index (κ1) is 25.8. The average molecular weight is 578 g/mol. The minimum Gasteiger partial charge on any atom is -0.274 e. The van der Waals surface area contributed by atoms with Crippen LogP contribution in [0.3, 0.4) is 0 Å². The van der Waals surface area contributed by atoms with Gasteiger partial charge >= 0.3 is 0 Å². The van der Waals surface area contributed by atoms with Gasteiger partial charge in [-0.05, 0) is 53.0 Å². The zero-order chi connectivity index (χ0) is 27.6. The number of allylic oxidation sites excluding steroid dienone is 1. The molecule has 2 saturated heterocycles. The van der Waals surface area contributed by atoms with E-state index in [-0.39, 0.29) is 17.5 Å². The molecule has 7 rings (SSSR count). The lowest BCUT2D eigenvalue weighted by atomic mass is 9.74. The van der Waals surface area contributed by atoms with E-state index < -0.39 is 30.1 Å². The number of hydrogen-bond acceptors (Lipinski definition) is 3. The number of carbonyl (C=O) groups excluding carboxylic acids is 2. The van der Waals surface area contributed by atoms with Crippen molar-refractivity contribution in [3.05, 3.63) is 138 Å². The van der Waals surface area contributed by atoms with Crippen molar-refractivity contribution in [3.8, 4) is 0 Å². The summed E-state index contributed by atoms with van der Waals surface area (Å²) in [5, 5.41) is 0.483. The summed E-state index contributed by atoms with van der Waals surface area (Å²) in [6.07, 6.45) is 0. The lowest BCUT2D eigenvalue weighted by molar-refractivity contribution is -0.122. The van der Waals surface area contributed by atoms with Crippen LogP contribution in [-0.4, -0.2) is 23.1 Å². The molecule has 6 heteroatoms. The van der Waals surface area contributed by atoms with Gasteiger partial charge in [0.25, 0.3) is 0 Å². The SMILES string of the molecule is CC(C)P1(=S)P2C(c3ccccc3)=C(c3ccccc3)[C@]1(c1ccccc1)[C@@H]1C(=O)N(c3ccccc3)C(=O)[C@@H]12. The first-order chi connectivity index (χ1) is 19.4. The molecule has 2 bridgehead atoms. The molecule has 4 aromatic rings. The van der Waals surface area contributed by atoms with Crippen LogP contribution in [0.1, 0.15) is 30.5 Å². The summed E-state index contributed by atoms with van der Waals surface area (Å²) >= 11 is 7.04. The molecule has 3 heterocycles. The molecule has 198 valence electrons. The normalized spacial score (nSPS) is 29.0. The highest BCUT2D eigenvalue weighted by molar-refractivity contribution is 8.57. The summed E-state index contributed by atoms with van der Waals surface area (Å²) in [5.41, 5.74) is 2.42. The maximum atomic E-state index is 14.8. The largest absolute Gasteiger partial charge is 0.274 e. The van der Waals surface area contributed by atoms with Crippen LogP contribution in [0.25, 0.3) is 10.9 Å². The standard InChI is InChI=1S/C34H29NO2P2S/c1-23(2)39(40)34(26-19-11-5-12-20-26)28(24-15-7-3-8-16-24)30(25-17-9-4-10-18-25)38(39)31-29(34)32(36)35(33(31)37)27-21-13-6-14-22-27/h3-23,29,31H,1-2H3/t29-,31+,34+,38?,39?/m0/s1. The van der Waals surface area contributed by atoms with E-state index in [0.717, 1.165) is 16.7 Å². The van der Waals surface area contributed by atoms with Gasteiger partial charge in [0.2, 0.25) is 11.8 Å². The van der Waals surface area contributed by atoms with Crippen LogP contribution in [0.2, 0.25) is 0 Å². The molecule has 3 aliphatic heterocycles. The lowest BCUT2D eigenvalue weighted by Crippen LogP contribution is -2.41. The van der Waals surface area contributed by atoms with E-state index in [0.29, 0.717) is 5.69 Å². The van der Waals surface area contributed by atoms with E-state index in [2.05, 4.69) is 86.6 Å². The van der Waals surface area contributed by atoms with Crippen molar-refractivity contribution in [2.24, 2.45) is 5.92 Å². The van der Waals surface area contributed by atoms with E-state index in [4.69, 9.17) is 11.8 Å². The summed E-state index contributed by atoms with van der Waals surface area (Å²) in [4.78, 5) is 30.8. The fourth-order valence-corrected chi connectivity index (χ4v) is 23.2. The fraction of sp³-hybridized carbons (Fsp3) is 0.176. The van der Waals surface area contributed by atoms with Crippen LogP contribution in [0, 0.1) is 5.92 Å². The molecule has 0 aliphatic carbocycles. The van der Waals surface area contributed by atoms with Crippen molar-refractivity contribution >= 4 is 53.5 Å². The van der Waals surface area contributed by atoms with E-state index in [9.17, 15) is 9.59 Å². The second-order valence-electron chi connectivity index (χ2n) is 10.9. The Kier molecular flexibility index (Phi) is 6.09. The van der Waals surface area contributed by atoms with Crippen molar-refractivity contribution in [2.75, 3.05) is 4.90 Å². The molecule has 0 aromatic heterocycles. The molecule has 3 nitrogen and oxygen atoms in total. The minimum absolute atomic E-state index is 0.0828. The van der Waals surface area contributed by atoms with Crippen LogP contribution in [-0.2, 0) is 26.6 Å². The average Bonchev–Trinajstić information content (AvgIpc) is 3.51. The summed E-state index contributed by atoms with van der Waals surface area (Å²) in [6.45, 7) is 4.46. The molecule has 40 heavy (non-hydrogen) atoms. The number of amides is 2. The van der Waals surface area contributed by atoms with Crippen molar-refractivity contribution in [3.63, 3.8) is 0 Å². The molecular weight excluding hydrogens is 548 g/mol. The van der Waals surface area contributed by atoms with Gasteiger partial charge in [0.05, 0.1) is 22.4 Å². The topological polar surface area (TPSA) is 37.4 Å². The number of rotatable bonds is 5. The van der Waals surface area contributed by atoms with Gasteiger partial charge in [-0.15, -0.1) is 0 Å². The van der Waals surface area contributed by atoms with E-state index >= 15 is 0 Å². The van der Waals surface area contributed by atoms with Gasteiger partial charge in [0, 0.05) is 5.73 Å². The second-order valence-corrected chi connectivity index (χ2v) is 21.3. The van der Waals surface area contributed by atoms with Gasteiger partial charge in [-0.25, -0.2) is 4.90 Å². The van der Waals surface area contributed by atoms with Gasteiger partial charge in [-0.1, -0.05) is 135 Å².